The number of ether oxygens (including phenoxy) is 3. The maximum atomic E-state index is 13.8. The fraction of sp³-hybridized carbons (Fsp3) is 0.417. The van der Waals surface area contributed by atoms with E-state index >= 15 is 0 Å². The largest absolute Gasteiger partial charge is 0.493 e. The van der Waals surface area contributed by atoms with Crippen LogP contribution >= 0.6 is 12.2 Å². The maximum absolute atomic E-state index is 13.8. The van der Waals surface area contributed by atoms with Crippen LogP contribution in [0, 0.1) is 19.8 Å². The molecule has 8 heteroatoms. The lowest BCUT2D eigenvalue weighted by Gasteiger charge is -2.56. The van der Waals surface area contributed by atoms with Crippen LogP contribution in [0.2, 0.25) is 0 Å². The Balaban J connectivity index is 1.78. The predicted octanol–water partition coefficient (Wildman–Crippen LogP) is 3.55. The van der Waals surface area contributed by atoms with Gasteiger partial charge in [-0.25, -0.2) is 0 Å². The molecule has 2 N–H and O–H groups in total. The average molecular weight is 456 g/mol. The minimum atomic E-state index is -1.03. The van der Waals surface area contributed by atoms with Crippen molar-refractivity contribution < 1.29 is 19.0 Å². The fourth-order valence-corrected chi connectivity index (χ4v) is 5.07. The van der Waals surface area contributed by atoms with Gasteiger partial charge in [-0.2, -0.15) is 0 Å². The standard InChI is InChI=1S/C24H29N3O4S/c1-14-9-10-17(15(2)13-14)25-22(28)19-20-16-7-6-8-18(30-5)21(16)31-24(19,3)27(11-12-29-4)23(32)26-20/h6-10,13,19-20H,11-12H2,1-5H3,(H,25,28)(H,26,32)/t19-,20-,24-/m0/s1. The van der Waals surface area contributed by atoms with Crippen LogP contribution in [-0.4, -0.2) is 49.0 Å². The molecular formula is C24H29N3O4S. The summed E-state index contributed by atoms with van der Waals surface area (Å²) in [5.74, 6) is 0.519. The molecule has 7 nitrogen and oxygen atoms in total. The number of nitrogens with zero attached hydrogens (tertiary/aromatic N) is 1. The molecule has 0 aromatic heterocycles. The highest BCUT2D eigenvalue weighted by molar-refractivity contribution is 7.80. The molecule has 2 bridgehead atoms. The number of nitrogens with one attached hydrogen (secondary N) is 2. The fourth-order valence-electron chi connectivity index (χ4n) is 4.67. The molecule has 1 saturated heterocycles. The first-order chi connectivity index (χ1) is 15.3. The molecule has 2 heterocycles. The number of fused-ring (bicyclic) bond motifs is 4. The highest BCUT2D eigenvalue weighted by Gasteiger charge is 2.59. The number of amides is 1. The zero-order valence-corrected chi connectivity index (χ0v) is 19.8. The van der Waals surface area contributed by atoms with Crippen LogP contribution in [-0.2, 0) is 9.53 Å². The molecule has 0 radical (unpaired) electrons. The molecule has 2 aromatic rings. The van der Waals surface area contributed by atoms with Gasteiger partial charge < -0.3 is 29.7 Å². The Bertz CT molecular complexity index is 1060. The quantitative estimate of drug-likeness (QED) is 0.646. The zero-order valence-electron chi connectivity index (χ0n) is 19.0. The summed E-state index contributed by atoms with van der Waals surface area (Å²) in [5.41, 5.74) is 2.74. The van der Waals surface area contributed by atoms with E-state index < -0.39 is 11.6 Å². The van der Waals surface area contributed by atoms with E-state index in [9.17, 15) is 4.79 Å². The molecule has 0 aliphatic carbocycles. The van der Waals surface area contributed by atoms with Gasteiger partial charge in [0.15, 0.2) is 22.3 Å². The number of hydrogen-bond acceptors (Lipinski definition) is 5. The van der Waals surface area contributed by atoms with Crippen LogP contribution < -0.4 is 20.1 Å². The van der Waals surface area contributed by atoms with E-state index in [4.69, 9.17) is 26.4 Å². The van der Waals surface area contributed by atoms with Gasteiger partial charge in [-0.1, -0.05) is 29.8 Å². The molecule has 170 valence electrons. The van der Waals surface area contributed by atoms with Crippen molar-refractivity contribution in [3.63, 3.8) is 0 Å². The highest BCUT2D eigenvalue weighted by Crippen LogP contribution is 2.51. The van der Waals surface area contributed by atoms with Crippen molar-refractivity contribution in [1.29, 1.82) is 0 Å². The van der Waals surface area contributed by atoms with Gasteiger partial charge >= 0.3 is 0 Å². The van der Waals surface area contributed by atoms with Crippen molar-refractivity contribution >= 4 is 28.9 Å². The summed E-state index contributed by atoms with van der Waals surface area (Å²) in [5, 5.41) is 7.03. The second kappa shape index (κ2) is 8.60. The molecule has 32 heavy (non-hydrogen) atoms. The summed E-state index contributed by atoms with van der Waals surface area (Å²) >= 11 is 5.68. The average Bonchev–Trinajstić information content (AvgIpc) is 2.74. The Labute approximate surface area is 194 Å². The van der Waals surface area contributed by atoms with E-state index in [1.165, 1.54) is 0 Å². The second-order valence-electron chi connectivity index (χ2n) is 8.39. The number of anilines is 1. The Kier molecular flexibility index (Phi) is 6.01. The molecule has 0 spiro atoms. The summed E-state index contributed by atoms with van der Waals surface area (Å²) in [7, 11) is 3.24. The van der Waals surface area contributed by atoms with Crippen molar-refractivity contribution in [2.45, 2.75) is 32.5 Å². The van der Waals surface area contributed by atoms with Crippen molar-refractivity contribution in [3.8, 4) is 11.5 Å². The third-order valence-electron chi connectivity index (χ3n) is 6.28. The number of para-hydroxylation sites is 1. The molecule has 1 fully saturated rings. The summed E-state index contributed by atoms with van der Waals surface area (Å²) < 4.78 is 17.4. The Morgan fingerprint density at radius 1 is 1.28 bits per heavy atom. The normalized spacial score (nSPS) is 23.7. The first kappa shape index (κ1) is 22.4. The van der Waals surface area contributed by atoms with Crippen molar-refractivity contribution in [1.82, 2.24) is 10.2 Å². The molecule has 1 amide bonds. The molecule has 0 saturated carbocycles. The molecule has 0 unspecified atom stereocenters. The zero-order chi connectivity index (χ0) is 23.0. The smallest absolute Gasteiger partial charge is 0.236 e. The summed E-state index contributed by atoms with van der Waals surface area (Å²) in [6, 6.07) is 11.3. The van der Waals surface area contributed by atoms with Crippen LogP contribution in [0.15, 0.2) is 36.4 Å². The number of methoxy groups -OCH3 is 2. The summed E-state index contributed by atoms with van der Waals surface area (Å²) in [6.45, 7) is 6.84. The number of benzene rings is 2. The number of carbonyl (C=O) groups excluding carboxylic acids is 1. The predicted molar refractivity (Wildman–Crippen MR) is 127 cm³/mol. The van der Waals surface area contributed by atoms with Gasteiger partial charge in [0.05, 0.1) is 19.8 Å². The first-order valence-corrected chi connectivity index (χ1v) is 11.0. The van der Waals surface area contributed by atoms with E-state index in [2.05, 4.69) is 10.6 Å². The Morgan fingerprint density at radius 3 is 2.75 bits per heavy atom. The van der Waals surface area contributed by atoms with Crippen LogP contribution in [0.25, 0.3) is 0 Å². The number of carbonyl (C=O) groups is 1. The SMILES string of the molecule is COCCN1C(=S)N[C@H]2c3cccc(OC)c3O[C@@]1(C)[C@@H]2C(=O)Nc1ccc(C)cc1C. The van der Waals surface area contributed by atoms with E-state index in [0.29, 0.717) is 29.8 Å². The van der Waals surface area contributed by atoms with Crippen LogP contribution in [0.4, 0.5) is 5.69 Å². The van der Waals surface area contributed by atoms with Crippen LogP contribution in [0.3, 0.4) is 0 Å². The van der Waals surface area contributed by atoms with E-state index in [0.717, 1.165) is 22.4 Å². The summed E-state index contributed by atoms with van der Waals surface area (Å²) in [4.78, 5) is 15.6. The number of aryl methyl sites for hydroxylation is 2. The third kappa shape index (κ3) is 3.67. The molecule has 2 aliphatic heterocycles. The number of rotatable bonds is 6. The van der Waals surface area contributed by atoms with E-state index in [-0.39, 0.29) is 11.9 Å². The third-order valence-corrected chi connectivity index (χ3v) is 6.62. The van der Waals surface area contributed by atoms with Gasteiger partial charge in [-0.3, -0.25) is 4.79 Å². The molecule has 2 aliphatic rings. The van der Waals surface area contributed by atoms with Crippen molar-refractivity contribution in [2.24, 2.45) is 5.92 Å². The van der Waals surface area contributed by atoms with Crippen molar-refractivity contribution in [2.75, 3.05) is 32.7 Å². The topological polar surface area (TPSA) is 72.1 Å². The Hall–Kier alpha value is -2.84. The molecule has 2 aromatic carbocycles. The maximum Gasteiger partial charge on any atom is 0.236 e. The van der Waals surface area contributed by atoms with E-state index in [1.54, 1.807) is 14.2 Å². The van der Waals surface area contributed by atoms with E-state index in [1.807, 2.05) is 62.1 Å². The van der Waals surface area contributed by atoms with Gasteiger partial charge in [0.2, 0.25) is 5.91 Å². The lowest BCUT2D eigenvalue weighted by atomic mass is 9.78. The molecule has 4 rings (SSSR count). The molecular weight excluding hydrogens is 426 g/mol. The van der Waals surface area contributed by atoms with Crippen LogP contribution in [0.5, 0.6) is 11.5 Å². The van der Waals surface area contributed by atoms with Crippen LogP contribution in [0.1, 0.15) is 29.7 Å². The highest BCUT2D eigenvalue weighted by atomic mass is 32.1. The minimum absolute atomic E-state index is 0.143. The summed E-state index contributed by atoms with van der Waals surface area (Å²) in [6.07, 6.45) is 0. The molecule has 3 atom stereocenters. The van der Waals surface area contributed by atoms with Gasteiger partial charge in [-0.05, 0) is 50.7 Å². The Morgan fingerprint density at radius 2 is 2.06 bits per heavy atom. The lowest BCUT2D eigenvalue weighted by molar-refractivity contribution is -0.150. The second-order valence-corrected chi connectivity index (χ2v) is 8.78. The lowest BCUT2D eigenvalue weighted by Crippen LogP contribution is -2.72. The van der Waals surface area contributed by atoms with Gasteiger partial charge in [0.25, 0.3) is 0 Å². The monoisotopic (exact) mass is 455 g/mol. The van der Waals surface area contributed by atoms with Gasteiger partial charge in [-0.15, -0.1) is 0 Å². The first-order valence-electron chi connectivity index (χ1n) is 10.6. The number of hydrogen-bond donors (Lipinski definition) is 2. The van der Waals surface area contributed by atoms with Gasteiger partial charge in [0, 0.05) is 24.9 Å². The number of thiocarbonyl (C=S) groups is 1. The van der Waals surface area contributed by atoms with Gasteiger partial charge in [0.1, 0.15) is 5.92 Å². The van der Waals surface area contributed by atoms with Crippen molar-refractivity contribution in [3.05, 3.63) is 53.1 Å². The minimum Gasteiger partial charge on any atom is -0.493 e.